The summed E-state index contributed by atoms with van der Waals surface area (Å²) >= 11 is 1.02. The number of benzene rings is 2. The number of nitro benzene ring substituents is 1. The molecule has 0 bridgehead atoms. The molecule has 3 aromatic rings. The Morgan fingerprint density at radius 3 is 2.81 bits per heavy atom. The topological polar surface area (TPSA) is 94.4 Å². The molecule has 0 saturated carbocycles. The van der Waals surface area contributed by atoms with Crippen molar-refractivity contribution in [2.45, 2.75) is 0 Å². The fraction of sp³-hybridized carbons (Fsp3) is 0.0588. The van der Waals surface area contributed by atoms with Gasteiger partial charge >= 0.3 is 5.69 Å². The number of carbonyl (C=O) groups is 1. The van der Waals surface area contributed by atoms with Gasteiger partial charge in [0.2, 0.25) is 0 Å². The second-order valence-electron chi connectivity index (χ2n) is 5.22. The fourth-order valence-corrected chi connectivity index (χ4v) is 2.90. The Morgan fingerprint density at radius 2 is 2.04 bits per heavy atom. The maximum absolute atomic E-state index is 13.8. The summed E-state index contributed by atoms with van der Waals surface area (Å²) in [6.07, 6.45) is 0. The number of rotatable bonds is 6. The Morgan fingerprint density at radius 1 is 1.26 bits per heavy atom. The van der Waals surface area contributed by atoms with E-state index < -0.39 is 29.1 Å². The fourth-order valence-electron chi connectivity index (χ4n) is 2.18. The van der Waals surface area contributed by atoms with Crippen LogP contribution in [0.15, 0.2) is 47.8 Å². The first-order valence-electron chi connectivity index (χ1n) is 7.51. The maximum atomic E-state index is 13.8. The number of amides is 1. The minimum Gasteiger partial charge on any atom is -0.477 e. The first-order chi connectivity index (χ1) is 12.9. The highest BCUT2D eigenvalue weighted by atomic mass is 32.1. The number of nitro groups is 1. The monoisotopic (exact) mass is 391 g/mol. The largest absolute Gasteiger partial charge is 0.477 e. The van der Waals surface area contributed by atoms with Crippen molar-refractivity contribution >= 4 is 28.1 Å². The third kappa shape index (κ3) is 4.42. The zero-order chi connectivity index (χ0) is 19.4. The van der Waals surface area contributed by atoms with Gasteiger partial charge in [-0.25, -0.2) is 13.8 Å². The molecule has 0 saturated heterocycles. The number of nitrogens with zero attached hydrogens (tertiary/aromatic N) is 2. The van der Waals surface area contributed by atoms with Gasteiger partial charge in [0.25, 0.3) is 5.91 Å². The average Bonchev–Trinajstić information content (AvgIpc) is 3.10. The van der Waals surface area contributed by atoms with E-state index in [-0.39, 0.29) is 27.8 Å². The molecule has 0 radical (unpaired) electrons. The van der Waals surface area contributed by atoms with Crippen LogP contribution in [0.25, 0.3) is 11.3 Å². The number of halogens is 2. The van der Waals surface area contributed by atoms with Crippen LogP contribution in [0.2, 0.25) is 0 Å². The zero-order valence-electron chi connectivity index (χ0n) is 13.5. The molecule has 0 atom stereocenters. The third-order valence-electron chi connectivity index (χ3n) is 3.38. The normalized spacial score (nSPS) is 10.4. The molecule has 0 spiro atoms. The molecule has 1 N–H and O–H groups in total. The lowest BCUT2D eigenvalue weighted by Crippen LogP contribution is -2.20. The number of para-hydroxylation sites is 2. The lowest BCUT2D eigenvalue weighted by molar-refractivity contribution is -0.385. The van der Waals surface area contributed by atoms with Crippen molar-refractivity contribution < 1.29 is 23.2 Å². The van der Waals surface area contributed by atoms with Crippen LogP contribution in [-0.2, 0) is 4.79 Å². The van der Waals surface area contributed by atoms with E-state index in [2.05, 4.69) is 10.3 Å². The molecule has 1 aromatic heterocycles. The number of hydrogen-bond donors (Lipinski definition) is 1. The van der Waals surface area contributed by atoms with Gasteiger partial charge in [-0.1, -0.05) is 12.1 Å². The summed E-state index contributed by atoms with van der Waals surface area (Å²) in [5.41, 5.74) is -0.113. The van der Waals surface area contributed by atoms with Crippen LogP contribution in [0.3, 0.4) is 0 Å². The number of carbonyl (C=O) groups excluding carboxylic acids is 1. The Balaban J connectivity index is 1.65. The van der Waals surface area contributed by atoms with Crippen molar-refractivity contribution in [1.82, 2.24) is 4.98 Å². The summed E-state index contributed by atoms with van der Waals surface area (Å²) in [7, 11) is 0. The molecule has 0 fully saturated rings. The summed E-state index contributed by atoms with van der Waals surface area (Å²) < 4.78 is 32.2. The Hall–Kier alpha value is -3.40. The summed E-state index contributed by atoms with van der Waals surface area (Å²) in [5.74, 6) is -1.89. The van der Waals surface area contributed by atoms with Crippen LogP contribution in [0.5, 0.6) is 5.75 Å². The molecule has 10 heteroatoms. The van der Waals surface area contributed by atoms with Gasteiger partial charge in [-0.05, 0) is 24.3 Å². The number of hydrogen-bond acceptors (Lipinski definition) is 6. The van der Waals surface area contributed by atoms with Gasteiger partial charge in [-0.2, -0.15) is 0 Å². The van der Waals surface area contributed by atoms with Crippen LogP contribution >= 0.6 is 11.3 Å². The van der Waals surface area contributed by atoms with Crippen molar-refractivity contribution in [3.8, 4) is 17.0 Å². The van der Waals surface area contributed by atoms with Crippen LogP contribution in [0.4, 0.5) is 19.6 Å². The smallest absolute Gasteiger partial charge is 0.310 e. The molecule has 0 unspecified atom stereocenters. The molecule has 0 aliphatic rings. The van der Waals surface area contributed by atoms with Crippen molar-refractivity contribution in [3.05, 3.63) is 69.6 Å². The van der Waals surface area contributed by atoms with Crippen molar-refractivity contribution in [2.75, 3.05) is 11.9 Å². The SMILES string of the molecule is O=C(COc1ccccc1[N+](=O)[O-])Nc1nc(-c2cc(F)ccc2F)cs1. The molecule has 2 aromatic carbocycles. The molecular weight excluding hydrogens is 380 g/mol. The van der Waals surface area contributed by atoms with E-state index in [4.69, 9.17) is 4.74 Å². The molecule has 1 amide bonds. The standard InChI is InChI=1S/C17H11F2N3O4S/c18-10-5-6-12(19)11(7-10)13-9-27-17(20-13)21-16(23)8-26-15-4-2-1-3-14(15)22(24)25/h1-7,9H,8H2,(H,20,21,23). The zero-order valence-corrected chi connectivity index (χ0v) is 14.3. The van der Waals surface area contributed by atoms with Gasteiger partial charge in [0, 0.05) is 17.0 Å². The summed E-state index contributed by atoms with van der Waals surface area (Å²) in [6.45, 7) is -0.478. The number of anilines is 1. The van der Waals surface area contributed by atoms with Gasteiger partial charge in [0.1, 0.15) is 11.6 Å². The highest BCUT2D eigenvalue weighted by Gasteiger charge is 2.16. The number of thiazole rings is 1. The minimum atomic E-state index is -0.640. The lowest BCUT2D eigenvalue weighted by Gasteiger charge is -2.06. The van der Waals surface area contributed by atoms with Gasteiger partial charge in [-0.3, -0.25) is 20.2 Å². The summed E-state index contributed by atoms with van der Waals surface area (Å²) in [5, 5.41) is 15.0. The molecule has 7 nitrogen and oxygen atoms in total. The molecule has 138 valence electrons. The molecule has 0 aliphatic heterocycles. The van der Waals surface area contributed by atoms with E-state index in [0.29, 0.717) is 0 Å². The quantitative estimate of drug-likeness (QED) is 0.506. The van der Waals surface area contributed by atoms with E-state index in [9.17, 15) is 23.7 Å². The Bertz CT molecular complexity index is 1010. The van der Waals surface area contributed by atoms with E-state index in [0.717, 1.165) is 29.5 Å². The number of aromatic nitrogens is 1. The molecule has 27 heavy (non-hydrogen) atoms. The van der Waals surface area contributed by atoms with Gasteiger partial charge < -0.3 is 4.74 Å². The lowest BCUT2D eigenvalue weighted by atomic mass is 10.1. The van der Waals surface area contributed by atoms with Crippen LogP contribution in [-0.4, -0.2) is 22.4 Å². The maximum Gasteiger partial charge on any atom is 0.310 e. The minimum absolute atomic E-state index is 0.0251. The Kier molecular flexibility index (Phi) is 5.36. The number of ether oxygens (including phenoxy) is 1. The molecule has 3 rings (SSSR count). The van der Waals surface area contributed by atoms with Gasteiger partial charge in [0.05, 0.1) is 10.6 Å². The Labute approximate surface area is 155 Å². The highest BCUT2D eigenvalue weighted by Crippen LogP contribution is 2.28. The van der Waals surface area contributed by atoms with E-state index in [1.54, 1.807) is 6.07 Å². The van der Waals surface area contributed by atoms with E-state index >= 15 is 0 Å². The third-order valence-corrected chi connectivity index (χ3v) is 4.13. The predicted molar refractivity (Wildman–Crippen MR) is 94.7 cm³/mol. The van der Waals surface area contributed by atoms with Crippen LogP contribution < -0.4 is 10.1 Å². The van der Waals surface area contributed by atoms with Gasteiger partial charge in [-0.15, -0.1) is 11.3 Å². The van der Waals surface area contributed by atoms with Crippen molar-refractivity contribution in [3.63, 3.8) is 0 Å². The number of nitrogens with one attached hydrogen (secondary N) is 1. The van der Waals surface area contributed by atoms with Crippen molar-refractivity contribution in [1.29, 1.82) is 0 Å². The average molecular weight is 391 g/mol. The van der Waals surface area contributed by atoms with Crippen LogP contribution in [0.1, 0.15) is 0 Å². The molecule has 0 aliphatic carbocycles. The molecular formula is C17H11F2N3O4S. The van der Waals surface area contributed by atoms with E-state index in [1.165, 1.54) is 23.6 Å². The second-order valence-corrected chi connectivity index (χ2v) is 6.08. The first-order valence-corrected chi connectivity index (χ1v) is 8.39. The van der Waals surface area contributed by atoms with E-state index in [1.807, 2.05) is 0 Å². The molecule has 1 heterocycles. The first kappa shape index (κ1) is 18.4. The second kappa shape index (κ2) is 7.87. The summed E-state index contributed by atoms with van der Waals surface area (Å²) in [6, 6.07) is 8.65. The van der Waals surface area contributed by atoms with Crippen molar-refractivity contribution in [2.24, 2.45) is 0 Å². The van der Waals surface area contributed by atoms with Crippen LogP contribution in [0, 0.1) is 21.7 Å². The highest BCUT2D eigenvalue weighted by molar-refractivity contribution is 7.14. The van der Waals surface area contributed by atoms with Gasteiger partial charge in [0.15, 0.2) is 17.5 Å². The summed E-state index contributed by atoms with van der Waals surface area (Å²) in [4.78, 5) is 26.3. The predicted octanol–water partition coefficient (Wildman–Crippen LogP) is 4.01.